The summed E-state index contributed by atoms with van der Waals surface area (Å²) < 4.78 is 1.18. The minimum atomic E-state index is -0.876. The standard InChI is InChI=1S/C12H11IOS/c1-12(14,11-3-2-8-15-11)9-4-6-10(13)7-5-9/h2-8,14H,1H3. The molecule has 0 fully saturated rings. The Bertz CT molecular complexity index is 431. The molecule has 1 nitrogen and oxygen atoms in total. The molecule has 0 aliphatic carbocycles. The largest absolute Gasteiger partial charge is 0.380 e. The lowest BCUT2D eigenvalue weighted by Crippen LogP contribution is -2.21. The number of hydrogen-bond acceptors (Lipinski definition) is 2. The SMILES string of the molecule is CC(O)(c1ccc(I)cc1)c1cccs1. The maximum Gasteiger partial charge on any atom is 0.121 e. The Morgan fingerprint density at radius 1 is 1.20 bits per heavy atom. The van der Waals surface area contributed by atoms with E-state index in [4.69, 9.17) is 0 Å². The molecular weight excluding hydrogens is 319 g/mol. The predicted octanol–water partition coefficient (Wildman–Crippen LogP) is 3.61. The molecule has 1 N–H and O–H groups in total. The minimum absolute atomic E-state index is 0.876. The lowest BCUT2D eigenvalue weighted by Gasteiger charge is -2.22. The van der Waals surface area contributed by atoms with Crippen molar-refractivity contribution in [3.63, 3.8) is 0 Å². The molecule has 0 radical (unpaired) electrons. The molecule has 1 heterocycles. The maximum absolute atomic E-state index is 10.4. The molecule has 2 rings (SSSR count). The summed E-state index contributed by atoms with van der Waals surface area (Å²) in [6.07, 6.45) is 0. The molecule has 1 aromatic carbocycles. The van der Waals surface area contributed by atoms with Crippen LogP contribution in [0.1, 0.15) is 17.4 Å². The van der Waals surface area contributed by atoms with Crippen LogP contribution in [0.25, 0.3) is 0 Å². The van der Waals surface area contributed by atoms with Gasteiger partial charge in [0.2, 0.25) is 0 Å². The molecule has 1 unspecified atom stereocenters. The van der Waals surface area contributed by atoms with Crippen molar-refractivity contribution in [2.24, 2.45) is 0 Å². The van der Waals surface area contributed by atoms with E-state index in [1.165, 1.54) is 3.57 Å². The molecule has 0 saturated carbocycles. The van der Waals surface area contributed by atoms with Gasteiger partial charge in [-0.1, -0.05) is 18.2 Å². The van der Waals surface area contributed by atoms with Gasteiger partial charge in [0, 0.05) is 8.45 Å². The Balaban J connectivity index is 2.41. The average Bonchev–Trinajstić information content (AvgIpc) is 2.71. The third-order valence-corrected chi connectivity index (χ3v) is 4.21. The lowest BCUT2D eigenvalue weighted by atomic mass is 9.94. The zero-order valence-electron chi connectivity index (χ0n) is 8.27. The monoisotopic (exact) mass is 330 g/mol. The van der Waals surface area contributed by atoms with Crippen LogP contribution < -0.4 is 0 Å². The summed E-state index contributed by atoms with van der Waals surface area (Å²) >= 11 is 3.84. The first kappa shape index (κ1) is 11.1. The second kappa shape index (κ2) is 4.23. The van der Waals surface area contributed by atoms with Crippen molar-refractivity contribution in [3.8, 4) is 0 Å². The molecule has 0 aliphatic heterocycles. The molecule has 2 aromatic rings. The Kier molecular flexibility index (Phi) is 3.13. The van der Waals surface area contributed by atoms with Crippen LogP contribution in [0.3, 0.4) is 0 Å². The highest BCUT2D eigenvalue weighted by molar-refractivity contribution is 14.1. The summed E-state index contributed by atoms with van der Waals surface area (Å²) in [6.45, 7) is 1.83. The summed E-state index contributed by atoms with van der Waals surface area (Å²) in [6, 6.07) is 11.9. The molecule has 15 heavy (non-hydrogen) atoms. The zero-order valence-corrected chi connectivity index (χ0v) is 11.2. The van der Waals surface area contributed by atoms with Gasteiger partial charge < -0.3 is 5.11 Å². The van der Waals surface area contributed by atoms with E-state index in [0.29, 0.717) is 0 Å². The molecule has 0 saturated heterocycles. The average molecular weight is 330 g/mol. The van der Waals surface area contributed by atoms with Crippen molar-refractivity contribution in [3.05, 3.63) is 55.8 Å². The highest BCUT2D eigenvalue weighted by atomic mass is 127. The first-order valence-electron chi connectivity index (χ1n) is 4.63. The Morgan fingerprint density at radius 3 is 2.40 bits per heavy atom. The van der Waals surface area contributed by atoms with Crippen molar-refractivity contribution in [2.45, 2.75) is 12.5 Å². The van der Waals surface area contributed by atoms with E-state index in [2.05, 4.69) is 22.6 Å². The lowest BCUT2D eigenvalue weighted by molar-refractivity contribution is 0.106. The highest BCUT2D eigenvalue weighted by Gasteiger charge is 2.26. The van der Waals surface area contributed by atoms with Gasteiger partial charge >= 0.3 is 0 Å². The maximum atomic E-state index is 10.4. The van der Waals surface area contributed by atoms with Crippen molar-refractivity contribution >= 4 is 33.9 Å². The third kappa shape index (κ3) is 2.24. The second-order valence-electron chi connectivity index (χ2n) is 3.56. The van der Waals surface area contributed by atoms with Crippen LogP contribution in [-0.2, 0) is 5.60 Å². The van der Waals surface area contributed by atoms with Gasteiger partial charge in [0.1, 0.15) is 5.60 Å². The van der Waals surface area contributed by atoms with Crippen LogP contribution in [0.2, 0.25) is 0 Å². The number of halogens is 1. The molecule has 0 bridgehead atoms. The van der Waals surface area contributed by atoms with E-state index in [1.54, 1.807) is 11.3 Å². The topological polar surface area (TPSA) is 20.2 Å². The van der Waals surface area contributed by atoms with Crippen molar-refractivity contribution in [1.82, 2.24) is 0 Å². The van der Waals surface area contributed by atoms with E-state index in [0.717, 1.165) is 10.4 Å². The number of rotatable bonds is 2. The van der Waals surface area contributed by atoms with Crippen LogP contribution in [0.5, 0.6) is 0 Å². The van der Waals surface area contributed by atoms with E-state index in [9.17, 15) is 5.11 Å². The van der Waals surface area contributed by atoms with Crippen LogP contribution in [0.4, 0.5) is 0 Å². The van der Waals surface area contributed by atoms with Gasteiger partial charge in [-0.2, -0.15) is 0 Å². The summed E-state index contributed by atoms with van der Waals surface area (Å²) in [5.74, 6) is 0. The van der Waals surface area contributed by atoms with Gasteiger partial charge in [-0.15, -0.1) is 11.3 Å². The molecular formula is C12H11IOS. The van der Waals surface area contributed by atoms with Gasteiger partial charge in [-0.05, 0) is 58.7 Å². The zero-order chi connectivity index (χ0) is 10.9. The molecule has 0 aliphatic rings. The summed E-state index contributed by atoms with van der Waals surface area (Å²) in [7, 11) is 0. The van der Waals surface area contributed by atoms with E-state index < -0.39 is 5.60 Å². The molecule has 1 aromatic heterocycles. The number of hydrogen-bond donors (Lipinski definition) is 1. The fraction of sp³-hybridized carbons (Fsp3) is 0.167. The van der Waals surface area contributed by atoms with Gasteiger partial charge in [0.15, 0.2) is 0 Å². The fourth-order valence-corrected chi connectivity index (χ4v) is 2.64. The molecule has 78 valence electrons. The minimum Gasteiger partial charge on any atom is -0.380 e. The fourth-order valence-electron chi connectivity index (χ4n) is 1.47. The second-order valence-corrected chi connectivity index (χ2v) is 5.75. The van der Waals surface area contributed by atoms with Crippen molar-refractivity contribution in [1.29, 1.82) is 0 Å². The van der Waals surface area contributed by atoms with Crippen LogP contribution in [-0.4, -0.2) is 5.11 Å². The Hall–Kier alpha value is -0.390. The van der Waals surface area contributed by atoms with Crippen molar-refractivity contribution < 1.29 is 5.11 Å². The molecule has 0 amide bonds. The smallest absolute Gasteiger partial charge is 0.121 e. The van der Waals surface area contributed by atoms with Gasteiger partial charge in [-0.3, -0.25) is 0 Å². The predicted molar refractivity (Wildman–Crippen MR) is 72.2 cm³/mol. The highest BCUT2D eigenvalue weighted by Crippen LogP contribution is 2.32. The van der Waals surface area contributed by atoms with Crippen molar-refractivity contribution in [2.75, 3.05) is 0 Å². The van der Waals surface area contributed by atoms with Gasteiger partial charge in [0.05, 0.1) is 0 Å². The number of benzene rings is 1. The Labute approximate surface area is 107 Å². The third-order valence-electron chi connectivity index (χ3n) is 2.41. The van der Waals surface area contributed by atoms with E-state index >= 15 is 0 Å². The summed E-state index contributed by atoms with van der Waals surface area (Å²) in [5.41, 5.74) is 0.0590. The van der Waals surface area contributed by atoms with Crippen LogP contribution >= 0.6 is 33.9 Å². The van der Waals surface area contributed by atoms with Crippen LogP contribution in [0.15, 0.2) is 41.8 Å². The van der Waals surface area contributed by atoms with Gasteiger partial charge in [0.25, 0.3) is 0 Å². The van der Waals surface area contributed by atoms with Gasteiger partial charge in [-0.25, -0.2) is 0 Å². The first-order chi connectivity index (χ1) is 7.10. The summed E-state index contributed by atoms with van der Waals surface area (Å²) in [5, 5.41) is 12.4. The Morgan fingerprint density at radius 2 is 1.87 bits per heavy atom. The quantitative estimate of drug-likeness (QED) is 0.834. The number of thiophene rings is 1. The molecule has 3 heteroatoms. The van der Waals surface area contributed by atoms with E-state index in [-0.39, 0.29) is 0 Å². The molecule has 1 atom stereocenters. The van der Waals surface area contributed by atoms with Crippen LogP contribution in [0, 0.1) is 3.57 Å². The molecule has 0 spiro atoms. The normalized spacial score (nSPS) is 14.9. The number of aliphatic hydroxyl groups is 1. The first-order valence-corrected chi connectivity index (χ1v) is 6.59. The summed E-state index contributed by atoms with van der Waals surface area (Å²) in [4.78, 5) is 0.976. The van der Waals surface area contributed by atoms with E-state index in [1.807, 2.05) is 48.7 Å².